The minimum absolute atomic E-state index is 0.0161. The molecule has 28 heavy (non-hydrogen) atoms. The Hall–Kier alpha value is -3.26. The Balaban J connectivity index is 1.66. The number of hydrogen-bond acceptors (Lipinski definition) is 7. The van der Waals surface area contributed by atoms with Gasteiger partial charge in [0.1, 0.15) is 11.5 Å². The van der Waals surface area contributed by atoms with Crippen LogP contribution in [-0.4, -0.2) is 36.2 Å². The van der Waals surface area contributed by atoms with Crippen molar-refractivity contribution in [3.8, 4) is 5.75 Å². The number of furan rings is 1. The van der Waals surface area contributed by atoms with Gasteiger partial charge in [0.2, 0.25) is 5.76 Å². The first-order valence-corrected chi connectivity index (χ1v) is 9.06. The SMILES string of the molecule is COC(=O)c1ccc(CN2C(=O)S/C(=C/C=C/c3ccc(OC)cc3)C2=O)o1. The Morgan fingerprint density at radius 2 is 1.89 bits per heavy atom. The highest BCUT2D eigenvalue weighted by Crippen LogP contribution is 2.32. The van der Waals surface area contributed by atoms with E-state index in [2.05, 4.69) is 4.74 Å². The van der Waals surface area contributed by atoms with Gasteiger partial charge in [-0.05, 0) is 47.7 Å². The minimum Gasteiger partial charge on any atom is -0.497 e. The molecule has 0 aliphatic carbocycles. The number of benzene rings is 1. The largest absolute Gasteiger partial charge is 0.497 e. The van der Waals surface area contributed by atoms with E-state index < -0.39 is 17.1 Å². The van der Waals surface area contributed by atoms with Crippen LogP contribution < -0.4 is 4.74 Å². The van der Waals surface area contributed by atoms with Crippen molar-refractivity contribution in [3.05, 3.63) is 70.5 Å². The van der Waals surface area contributed by atoms with E-state index >= 15 is 0 Å². The summed E-state index contributed by atoms with van der Waals surface area (Å²) in [5.41, 5.74) is 0.933. The Morgan fingerprint density at radius 3 is 2.57 bits per heavy atom. The zero-order valence-electron chi connectivity index (χ0n) is 15.2. The summed E-state index contributed by atoms with van der Waals surface area (Å²) in [5, 5.41) is -0.398. The summed E-state index contributed by atoms with van der Waals surface area (Å²) in [7, 11) is 2.84. The van der Waals surface area contributed by atoms with Crippen molar-refractivity contribution in [3.63, 3.8) is 0 Å². The number of allylic oxidation sites excluding steroid dienone is 2. The van der Waals surface area contributed by atoms with Crippen molar-refractivity contribution in [2.75, 3.05) is 14.2 Å². The number of methoxy groups -OCH3 is 2. The maximum Gasteiger partial charge on any atom is 0.373 e. The fourth-order valence-corrected chi connectivity index (χ4v) is 3.23. The second kappa shape index (κ2) is 8.62. The molecule has 144 valence electrons. The van der Waals surface area contributed by atoms with Crippen LogP contribution in [0.5, 0.6) is 5.75 Å². The third kappa shape index (κ3) is 4.34. The van der Waals surface area contributed by atoms with Gasteiger partial charge in [0, 0.05) is 0 Å². The molecule has 0 saturated carbocycles. The minimum atomic E-state index is -0.621. The van der Waals surface area contributed by atoms with Gasteiger partial charge in [0.05, 0.1) is 25.7 Å². The van der Waals surface area contributed by atoms with Crippen LogP contribution in [0.25, 0.3) is 6.08 Å². The van der Waals surface area contributed by atoms with Crippen molar-refractivity contribution in [2.24, 2.45) is 0 Å². The highest BCUT2D eigenvalue weighted by molar-refractivity contribution is 8.18. The summed E-state index contributed by atoms with van der Waals surface area (Å²) in [4.78, 5) is 37.4. The predicted molar refractivity (Wildman–Crippen MR) is 104 cm³/mol. The molecule has 1 aromatic heterocycles. The van der Waals surface area contributed by atoms with Crippen LogP contribution in [-0.2, 0) is 16.1 Å². The summed E-state index contributed by atoms with van der Waals surface area (Å²) in [6.07, 6.45) is 5.13. The van der Waals surface area contributed by atoms with Crippen LogP contribution in [0, 0.1) is 0 Å². The summed E-state index contributed by atoms with van der Waals surface area (Å²) in [6, 6.07) is 10.4. The van der Waals surface area contributed by atoms with Gasteiger partial charge in [-0.2, -0.15) is 0 Å². The molecule has 3 rings (SSSR count). The normalized spacial score (nSPS) is 15.6. The monoisotopic (exact) mass is 399 g/mol. The van der Waals surface area contributed by atoms with Gasteiger partial charge in [-0.25, -0.2) is 4.79 Å². The highest BCUT2D eigenvalue weighted by Gasteiger charge is 2.35. The van der Waals surface area contributed by atoms with Crippen molar-refractivity contribution in [1.29, 1.82) is 0 Å². The van der Waals surface area contributed by atoms with E-state index in [1.165, 1.54) is 19.2 Å². The average molecular weight is 399 g/mol. The standard InChI is InChI=1S/C20H17NO6S/c1-25-14-8-6-13(7-9-14)4-3-5-17-18(22)21(20(24)28-17)12-15-10-11-16(27-15)19(23)26-2/h3-11H,12H2,1-2H3/b4-3+,17-5+. The number of rotatable bonds is 6. The first-order valence-electron chi connectivity index (χ1n) is 8.25. The lowest BCUT2D eigenvalue weighted by molar-refractivity contribution is -0.123. The van der Waals surface area contributed by atoms with Gasteiger partial charge in [0.25, 0.3) is 11.1 Å². The number of hydrogen-bond donors (Lipinski definition) is 0. The molecule has 1 aliphatic heterocycles. The van der Waals surface area contributed by atoms with Gasteiger partial charge in [-0.3, -0.25) is 14.5 Å². The fourth-order valence-electron chi connectivity index (χ4n) is 2.44. The Kier molecular flexibility index (Phi) is 6.00. The number of esters is 1. The zero-order chi connectivity index (χ0) is 20.1. The number of ether oxygens (including phenoxy) is 2. The maximum absolute atomic E-state index is 12.5. The molecular weight excluding hydrogens is 382 g/mol. The molecule has 1 aromatic carbocycles. The predicted octanol–water partition coefficient (Wildman–Crippen LogP) is 3.87. The van der Waals surface area contributed by atoms with E-state index in [-0.39, 0.29) is 12.3 Å². The molecule has 0 unspecified atom stereocenters. The van der Waals surface area contributed by atoms with Crippen molar-refractivity contribution in [1.82, 2.24) is 4.90 Å². The number of carbonyl (C=O) groups excluding carboxylic acids is 3. The van der Waals surface area contributed by atoms with Crippen LogP contribution >= 0.6 is 11.8 Å². The van der Waals surface area contributed by atoms with Crippen molar-refractivity contribution >= 4 is 35.0 Å². The summed E-state index contributed by atoms with van der Waals surface area (Å²) >= 11 is 0.854. The zero-order valence-corrected chi connectivity index (χ0v) is 16.0. The topological polar surface area (TPSA) is 86.0 Å². The molecule has 1 fully saturated rings. The highest BCUT2D eigenvalue weighted by atomic mass is 32.2. The fraction of sp³-hybridized carbons (Fsp3) is 0.150. The van der Waals surface area contributed by atoms with Crippen LogP contribution in [0.15, 0.2) is 57.9 Å². The molecular formula is C20H17NO6S. The number of imide groups is 1. The molecule has 0 N–H and O–H groups in total. The first kappa shape index (κ1) is 19.5. The van der Waals surface area contributed by atoms with Crippen LogP contribution in [0.4, 0.5) is 4.79 Å². The maximum atomic E-state index is 12.5. The molecule has 0 radical (unpaired) electrons. The van der Waals surface area contributed by atoms with Crippen LogP contribution in [0.1, 0.15) is 21.9 Å². The van der Waals surface area contributed by atoms with Gasteiger partial charge in [-0.15, -0.1) is 0 Å². The van der Waals surface area contributed by atoms with Gasteiger partial charge >= 0.3 is 5.97 Å². The van der Waals surface area contributed by atoms with E-state index in [4.69, 9.17) is 9.15 Å². The molecule has 2 aromatic rings. The smallest absolute Gasteiger partial charge is 0.373 e. The number of amides is 2. The first-order chi connectivity index (χ1) is 13.5. The van der Waals surface area contributed by atoms with E-state index in [0.29, 0.717) is 10.7 Å². The molecule has 1 aliphatic rings. The van der Waals surface area contributed by atoms with Crippen LogP contribution in [0.2, 0.25) is 0 Å². The molecule has 0 bridgehead atoms. The second-order valence-corrected chi connectivity index (χ2v) is 6.67. The molecule has 7 nitrogen and oxygen atoms in total. The van der Waals surface area contributed by atoms with Crippen LogP contribution in [0.3, 0.4) is 0 Å². The van der Waals surface area contributed by atoms with E-state index in [1.54, 1.807) is 19.3 Å². The molecule has 0 spiro atoms. The van der Waals surface area contributed by atoms with E-state index in [9.17, 15) is 14.4 Å². The number of thioether (sulfide) groups is 1. The van der Waals surface area contributed by atoms with E-state index in [1.807, 2.05) is 30.3 Å². The molecule has 1 saturated heterocycles. The third-order valence-corrected chi connectivity index (χ3v) is 4.81. The van der Waals surface area contributed by atoms with Gasteiger partial charge < -0.3 is 13.9 Å². The van der Waals surface area contributed by atoms with E-state index in [0.717, 1.165) is 28.0 Å². The van der Waals surface area contributed by atoms with Crippen molar-refractivity contribution in [2.45, 2.75) is 6.54 Å². The molecule has 0 atom stereocenters. The Morgan fingerprint density at radius 1 is 1.14 bits per heavy atom. The molecule has 2 heterocycles. The number of carbonyl (C=O) groups is 3. The quantitative estimate of drug-likeness (QED) is 0.538. The van der Waals surface area contributed by atoms with Crippen molar-refractivity contribution < 1.29 is 28.3 Å². The lowest BCUT2D eigenvalue weighted by Crippen LogP contribution is -2.27. The molecule has 2 amide bonds. The lowest BCUT2D eigenvalue weighted by atomic mass is 10.2. The summed E-state index contributed by atoms with van der Waals surface area (Å²) in [6.45, 7) is -0.0544. The second-order valence-electron chi connectivity index (χ2n) is 5.68. The Bertz CT molecular complexity index is 957. The number of nitrogens with zero attached hydrogens (tertiary/aromatic N) is 1. The third-order valence-electron chi connectivity index (χ3n) is 3.89. The Labute approximate surface area is 165 Å². The lowest BCUT2D eigenvalue weighted by Gasteiger charge is -2.09. The summed E-state index contributed by atoms with van der Waals surface area (Å²) in [5.74, 6) is 0.0565. The van der Waals surface area contributed by atoms with Gasteiger partial charge in [0.15, 0.2) is 0 Å². The average Bonchev–Trinajstić information content (AvgIpc) is 3.28. The van der Waals surface area contributed by atoms with Gasteiger partial charge in [-0.1, -0.05) is 24.3 Å². The molecule has 8 heteroatoms. The summed E-state index contributed by atoms with van der Waals surface area (Å²) < 4.78 is 15.0.